The second-order valence-corrected chi connectivity index (χ2v) is 8.18. The highest BCUT2D eigenvalue weighted by atomic mass is 32.2. The average Bonchev–Trinajstić information content (AvgIpc) is 3.25. The van der Waals surface area contributed by atoms with Crippen LogP contribution in [0.25, 0.3) is 11.4 Å². The van der Waals surface area contributed by atoms with Crippen molar-refractivity contribution >= 4 is 23.4 Å². The van der Waals surface area contributed by atoms with Crippen molar-refractivity contribution in [3.8, 4) is 17.1 Å². The summed E-state index contributed by atoms with van der Waals surface area (Å²) in [7, 11) is 1.59. The first-order valence-electron chi connectivity index (χ1n) is 9.44. The fourth-order valence-electron chi connectivity index (χ4n) is 2.98. The summed E-state index contributed by atoms with van der Waals surface area (Å²) in [5.74, 6) is 2.68. The number of rotatable bonds is 8. The summed E-state index contributed by atoms with van der Waals surface area (Å²) in [5, 5.41) is 12.3. The quantitative estimate of drug-likeness (QED) is 0.545. The van der Waals surface area contributed by atoms with Crippen molar-refractivity contribution in [2.75, 3.05) is 18.2 Å². The van der Waals surface area contributed by atoms with Crippen LogP contribution in [0, 0.1) is 19.8 Å². The Morgan fingerprint density at radius 1 is 1.28 bits per heavy atom. The van der Waals surface area contributed by atoms with Gasteiger partial charge in [-0.15, -0.1) is 10.2 Å². The molecule has 2 heterocycles. The Balaban J connectivity index is 1.75. The maximum Gasteiger partial charge on any atom is 0.234 e. The summed E-state index contributed by atoms with van der Waals surface area (Å²) in [4.78, 5) is 12.5. The minimum atomic E-state index is -0.126. The van der Waals surface area contributed by atoms with Crippen LogP contribution in [0.15, 0.2) is 40.1 Å². The molecular formula is C21H26N4O3S. The van der Waals surface area contributed by atoms with Crippen molar-refractivity contribution in [1.82, 2.24) is 14.8 Å². The van der Waals surface area contributed by atoms with Gasteiger partial charge in [0.25, 0.3) is 0 Å². The monoisotopic (exact) mass is 414 g/mol. The van der Waals surface area contributed by atoms with Crippen LogP contribution in [-0.2, 0) is 11.3 Å². The maximum atomic E-state index is 12.5. The van der Waals surface area contributed by atoms with Gasteiger partial charge in [-0.05, 0) is 43.5 Å². The second-order valence-electron chi connectivity index (χ2n) is 7.24. The van der Waals surface area contributed by atoms with Crippen LogP contribution in [-0.4, -0.2) is 33.5 Å². The van der Waals surface area contributed by atoms with Crippen LogP contribution in [0.5, 0.6) is 5.75 Å². The number of carbonyl (C=O) groups is 1. The molecule has 0 saturated heterocycles. The largest absolute Gasteiger partial charge is 0.495 e. The number of carbonyl (C=O) groups excluding carboxylic acids is 1. The van der Waals surface area contributed by atoms with Crippen LogP contribution in [0.2, 0.25) is 0 Å². The fraction of sp³-hybridized carbons (Fsp3) is 0.381. The van der Waals surface area contributed by atoms with Gasteiger partial charge in [-0.3, -0.25) is 4.79 Å². The van der Waals surface area contributed by atoms with Crippen LogP contribution < -0.4 is 10.1 Å². The van der Waals surface area contributed by atoms with Crippen molar-refractivity contribution in [2.24, 2.45) is 5.92 Å². The molecule has 3 rings (SSSR count). The van der Waals surface area contributed by atoms with Crippen molar-refractivity contribution in [2.45, 2.75) is 39.4 Å². The van der Waals surface area contributed by atoms with E-state index < -0.39 is 0 Å². The summed E-state index contributed by atoms with van der Waals surface area (Å²) in [6.07, 6.45) is 1.65. The highest BCUT2D eigenvalue weighted by molar-refractivity contribution is 7.99. The molecule has 7 nitrogen and oxygen atoms in total. The zero-order chi connectivity index (χ0) is 21.0. The van der Waals surface area contributed by atoms with Gasteiger partial charge in [-0.2, -0.15) is 0 Å². The number of aryl methyl sites for hydroxylation is 2. The maximum absolute atomic E-state index is 12.5. The molecule has 0 saturated carbocycles. The third-order valence-corrected chi connectivity index (χ3v) is 5.29. The molecule has 0 spiro atoms. The molecule has 29 heavy (non-hydrogen) atoms. The molecule has 2 aromatic heterocycles. The van der Waals surface area contributed by atoms with E-state index in [9.17, 15) is 4.79 Å². The lowest BCUT2D eigenvalue weighted by Crippen LogP contribution is -2.16. The standard InChI is InChI=1S/C21H26N4O3S/c1-13(2)11-25-20(16-8-9-28-15(16)4)23-24-21(25)29-12-19(26)22-17-10-14(3)6-7-18(17)27-5/h6-10,13H,11-12H2,1-5H3,(H,22,26). The van der Waals surface area contributed by atoms with Crippen molar-refractivity contribution in [1.29, 1.82) is 0 Å². The first-order valence-corrected chi connectivity index (χ1v) is 10.4. The van der Waals surface area contributed by atoms with Gasteiger partial charge in [0.05, 0.1) is 30.4 Å². The molecule has 0 aliphatic rings. The molecule has 154 valence electrons. The Kier molecular flexibility index (Phi) is 6.64. The Labute approximate surface area is 174 Å². The van der Waals surface area contributed by atoms with E-state index in [4.69, 9.17) is 9.15 Å². The van der Waals surface area contributed by atoms with E-state index in [0.29, 0.717) is 22.5 Å². The summed E-state index contributed by atoms with van der Waals surface area (Å²) < 4.78 is 12.8. The minimum Gasteiger partial charge on any atom is -0.495 e. The number of amides is 1. The molecule has 1 N–H and O–H groups in total. The molecular weight excluding hydrogens is 388 g/mol. The van der Waals surface area contributed by atoms with Gasteiger partial charge >= 0.3 is 0 Å². The molecule has 3 aromatic rings. The normalized spacial score (nSPS) is 11.1. The Morgan fingerprint density at radius 2 is 2.07 bits per heavy atom. The van der Waals surface area contributed by atoms with Crippen LogP contribution in [0.1, 0.15) is 25.2 Å². The minimum absolute atomic E-state index is 0.126. The topological polar surface area (TPSA) is 82.2 Å². The Hall–Kier alpha value is -2.74. The molecule has 0 aliphatic carbocycles. The van der Waals surface area contributed by atoms with Gasteiger partial charge in [-0.25, -0.2) is 0 Å². The number of ether oxygens (including phenoxy) is 1. The van der Waals surface area contributed by atoms with E-state index in [1.807, 2.05) is 42.7 Å². The third kappa shape index (κ3) is 5.00. The van der Waals surface area contributed by atoms with Gasteiger partial charge in [-0.1, -0.05) is 31.7 Å². The lowest BCUT2D eigenvalue weighted by molar-refractivity contribution is -0.113. The second kappa shape index (κ2) is 9.17. The van der Waals surface area contributed by atoms with Crippen molar-refractivity contribution in [3.05, 3.63) is 41.9 Å². The lowest BCUT2D eigenvalue weighted by Gasteiger charge is -2.13. The van der Waals surface area contributed by atoms with E-state index in [1.165, 1.54) is 11.8 Å². The number of hydrogen-bond acceptors (Lipinski definition) is 6. The van der Waals surface area contributed by atoms with Gasteiger partial charge in [0.2, 0.25) is 5.91 Å². The molecule has 8 heteroatoms. The molecule has 0 fully saturated rings. The predicted octanol–water partition coefficient (Wildman–Crippen LogP) is 4.55. The van der Waals surface area contributed by atoms with Crippen LogP contribution in [0.4, 0.5) is 5.69 Å². The number of nitrogens with zero attached hydrogens (tertiary/aromatic N) is 3. The molecule has 1 aromatic carbocycles. The zero-order valence-corrected chi connectivity index (χ0v) is 18.2. The van der Waals surface area contributed by atoms with Gasteiger partial charge in [0.1, 0.15) is 11.5 Å². The molecule has 0 bridgehead atoms. The summed E-state index contributed by atoms with van der Waals surface area (Å²) in [5.41, 5.74) is 2.63. The molecule has 0 unspecified atom stereocenters. The van der Waals surface area contributed by atoms with E-state index in [2.05, 4.69) is 29.4 Å². The summed E-state index contributed by atoms with van der Waals surface area (Å²) in [6, 6.07) is 7.57. The molecule has 0 radical (unpaired) electrons. The average molecular weight is 415 g/mol. The highest BCUT2D eigenvalue weighted by Crippen LogP contribution is 2.29. The highest BCUT2D eigenvalue weighted by Gasteiger charge is 2.19. The molecule has 0 atom stereocenters. The SMILES string of the molecule is COc1ccc(C)cc1NC(=O)CSc1nnc(-c2ccoc2C)n1CC(C)C. The lowest BCUT2D eigenvalue weighted by atomic mass is 10.2. The summed E-state index contributed by atoms with van der Waals surface area (Å²) >= 11 is 1.36. The molecule has 0 aliphatic heterocycles. The zero-order valence-electron chi connectivity index (χ0n) is 17.4. The molecule has 1 amide bonds. The fourth-order valence-corrected chi connectivity index (χ4v) is 3.73. The van der Waals surface area contributed by atoms with E-state index >= 15 is 0 Å². The van der Waals surface area contributed by atoms with Crippen molar-refractivity contribution < 1.29 is 13.9 Å². The summed E-state index contributed by atoms with van der Waals surface area (Å²) in [6.45, 7) is 8.90. The van der Waals surface area contributed by atoms with Gasteiger partial charge in [0.15, 0.2) is 11.0 Å². The van der Waals surface area contributed by atoms with E-state index in [1.54, 1.807) is 13.4 Å². The predicted molar refractivity (Wildman–Crippen MR) is 114 cm³/mol. The third-order valence-electron chi connectivity index (χ3n) is 4.33. The van der Waals surface area contributed by atoms with Crippen LogP contribution >= 0.6 is 11.8 Å². The van der Waals surface area contributed by atoms with E-state index in [-0.39, 0.29) is 11.7 Å². The number of furan rings is 1. The number of thioether (sulfide) groups is 1. The van der Waals surface area contributed by atoms with Gasteiger partial charge in [0, 0.05) is 6.54 Å². The van der Waals surface area contributed by atoms with Gasteiger partial charge < -0.3 is 19.0 Å². The first kappa shape index (κ1) is 21.0. The van der Waals surface area contributed by atoms with Crippen molar-refractivity contribution in [3.63, 3.8) is 0 Å². The van der Waals surface area contributed by atoms with E-state index in [0.717, 1.165) is 29.3 Å². The number of aromatic nitrogens is 3. The first-order chi connectivity index (χ1) is 13.9. The number of nitrogens with one attached hydrogen (secondary N) is 1. The number of anilines is 1. The number of hydrogen-bond donors (Lipinski definition) is 1. The Morgan fingerprint density at radius 3 is 2.72 bits per heavy atom. The van der Waals surface area contributed by atoms with Crippen LogP contribution in [0.3, 0.4) is 0 Å². The number of methoxy groups -OCH3 is 1. The Bertz CT molecular complexity index is 994. The smallest absolute Gasteiger partial charge is 0.234 e. The number of benzene rings is 1.